The number of rotatable bonds is 2. The first-order valence-electron chi connectivity index (χ1n) is 4.47. The molecule has 15 heavy (non-hydrogen) atoms. The lowest BCUT2D eigenvalue weighted by Crippen LogP contribution is -2.51. The molecule has 0 aromatic rings. The smallest absolute Gasteiger partial charge is 0.318 e. The van der Waals surface area contributed by atoms with Gasteiger partial charge in [-0.25, -0.2) is 0 Å². The summed E-state index contributed by atoms with van der Waals surface area (Å²) in [6, 6.07) is 0. The van der Waals surface area contributed by atoms with Crippen LogP contribution >= 0.6 is 0 Å². The van der Waals surface area contributed by atoms with Gasteiger partial charge in [0.1, 0.15) is 0 Å². The third-order valence-electron chi connectivity index (χ3n) is 3.09. The average Bonchev–Trinajstić information content (AvgIpc) is 2.37. The standard InChI is InChI=1S/C9H8O6/c1-3-4(7(11)14-2-10)6-5(3)8(12)15-9(6)13/h2-6H,1H3. The van der Waals surface area contributed by atoms with Crippen LogP contribution < -0.4 is 0 Å². The first-order valence-corrected chi connectivity index (χ1v) is 4.47. The van der Waals surface area contributed by atoms with Gasteiger partial charge in [0.25, 0.3) is 0 Å². The Hall–Kier alpha value is -1.72. The monoisotopic (exact) mass is 212 g/mol. The minimum Gasteiger partial charge on any atom is -0.395 e. The van der Waals surface area contributed by atoms with Crippen molar-refractivity contribution in [3.05, 3.63) is 0 Å². The second-order valence-electron chi connectivity index (χ2n) is 3.71. The third-order valence-corrected chi connectivity index (χ3v) is 3.09. The van der Waals surface area contributed by atoms with Crippen LogP contribution in [0, 0.1) is 23.7 Å². The van der Waals surface area contributed by atoms with E-state index in [-0.39, 0.29) is 12.4 Å². The summed E-state index contributed by atoms with van der Waals surface area (Å²) in [5, 5.41) is 0. The molecular formula is C9H8O6. The summed E-state index contributed by atoms with van der Waals surface area (Å²) < 4.78 is 8.57. The van der Waals surface area contributed by atoms with Gasteiger partial charge in [0.2, 0.25) is 0 Å². The van der Waals surface area contributed by atoms with Crippen LogP contribution in [-0.4, -0.2) is 24.4 Å². The molecule has 4 atom stereocenters. The quantitative estimate of drug-likeness (QED) is 0.340. The van der Waals surface area contributed by atoms with Gasteiger partial charge in [0.05, 0.1) is 17.8 Å². The van der Waals surface area contributed by atoms with E-state index in [0.29, 0.717) is 0 Å². The lowest BCUT2D eigenvalue weighted by Gasteiger charge is -2.39. The largest absolute Gasteiger partial charge is 0.395 e. The van der Waals surface area contributed by atoms with E-state index in [1.807, 2.05) is 0 Å². The molecule has 0 spiro atoms. The fourth-order valence-electron chi connectivity index (χ4n) is 2.33. The molecule has 6 heteroatoms. The molecule has 1 saturated heterocycles. The van der Waals surface area contributed by atoms with E-state index >= 15 is 0 Å². The van der Waals surface area contributed by atoms with E-state index in [0.717, 1.165) is 0 Å². The number of fused-ring (bicyclic) bond motifs is 1. The number of carbonyl (C=O) groups excluding carboxylic acids is 4. The van der Waals surface area contributed by atoms with Gasteiger partial charge in [-0.05, 0) is 5.92 Å². The lowest BCUT2D eigenvalue weighted by atomic mass is 9.58. The average molecular weight is 212 g/mol. The van der Waals surface area contributed by atoms with Crippen LogP contribution in [0.2, 0.25) is 0 Å². The second kappa shape index (κ2) is 3.15. The number of esters is 3. The van der Waals surface area contributed by atoms with E-state index in [4.69, 9.17) is 0 Å². The molecule has 2 aliphatic rings. The molecule has 0 amide bonds. The molecule has 0 aromatic carbocycles. The SMILES string of the molecule is CC1C(C(=O)OC=O)C2C(=O)OC(=O)C12. The molecule has 6 nitrogen and oxygen atoms in total. The van der Waals surface area contributed by atoms with Crippen molar-refractivity contribution in [2.24, 2.45) is 23.7 Å². The van der Waals surface area contributed by atoms with Crippen molar-refractivity contribution in [3.63, 3.8) is 0 Å². The Balaban J connectivity index is 2.17. The van der Waals surface area contributed by atoms with Gasteiger partial charge in [-0.3, -0.25) is 19.2 Å². The van der Waals surface area contributed by atoms with Gasteiger partial charge in [-0.1, -0.05) is 6.92 Å². The zero-order valence-corrected chi connectivity index (χ0v) is 7.84. The Kier molecular flexibility index (Phi) is 2.06. The third kappa shape index (κ3) is 1.17. The maximum atomic E-state index is 11.3. The molecule has 0 aromatic heterocycles. The molecule has 1 saturated carbocycles. The van der Waals surface area contributed by atoms with Gasteiger partial charge in [-0.15, -0.1) is 0 Å². The van der Waals surface area contributed by atoms with E-state index in [1.165, 1.54) is 0 Å². The van der Waals surface area contributed by atoms with Crippen LogP contribution in [0.1, 0.15) is 6.92 Å². The Morgan fingerprint density at radius 1 is 1.33 bits per heavy atom. The topological polar surface area (TPSA) is 86.7 Å². The highest BCUT2D eigenvalue weighted by Gasteiger charge is 2.64. The Morgan fingerprint density at radius 2 is 1.93 bits per heavy atom. The first-order chi connectivity index (χ1) is 7.07. The number of ether oxygens (including phenoxy) is 2. The first kappa shape index (κ1) is 9.82. The van der Waals surface area contributed by atoms with Gasteiger partial charge < -0.3 is 9.47 Å². The van der Waals surface area contributed by atoms with E-state index < -0.39 is 35.7 Å². The number of cyclic esters (lactones) is 2. The maximum absolute atomic E-state index is 11.3. The summed E-state index contributed by atoms with van der Waals surface area (Å²) >= 11 is 0. The molecule has 4 unspecified atom stereocenters. The Bertz CT molecular complexity index is 360. The van der Waals surface area contributed by atoms with Crippen molar-refractivity contribution in [1.29, 1.82) is 0 Å². The molecule has 0 bridgehead atoms. The minimum atomic E-state index is -0.773. The van der Waals surface area contributed by atoms with Crippen molar-refractivity contribution >= 4 is 24.4 Å². The van der Waals surface area contributed by atoms with Crippen LogP contribution in [-0.2, 0) is 28.7 Å². The summed E-state index contributed by atoms with van der Waals surface area (Å²) in [6.07, 6.45) is 0. The molecule has 2 rings (SSSR count). The van der Waals surface area contributed by atoms with Crippen molar-refractivity contribution < 1.29 is 28.7 Å². The molecule has 1 heterocycles. The van der Waals surface area contributed by atoms with Crippen molar-refractivity contribution in [3.8, 4) is 0 Å². The highest BCUT2D eigenvalue weighted by molar-refractivity contribution is 6.02. The Labute approximate surface area is 84.5 Å². The molecular weight excluding hydrogens is 204 g/mol. The number of hydrogen-bond donors (Lipinski definition) is 0. The number of carbonyl (C=O) groups is 4. The molecule has 0 N–H and O–H groups in total. The van der Waals surface area contributed by atoms with Crippen LogP contribution in [0.4, 0.5) is 0 Å². The highest BCUT2D eigenvalue weighted by atomic mass is 16.6. The van der Waals surface area contributed by atoms with Crippen LogP contribution in [0.15, 0.2) is 0 Å². The van der Waals surface area contributed by atoms with Crippen LogP contribution in [0.25, 0.3) is 0 Å². The highest BCUT2D eigenvalue weighted by Crippen LogP contribution is 2.51. The van der Waals surface area contributed by atoms with Gasteiger partial charge in [0.15, 0.2) is 0 Å². The fourth-order valence-corrected chi connectivity index (χ4v) is 2.33. The summed E-state index contributed by atoms with van der Waals surface area (Å²) in [6.45, 7) is 1.67. The fraction of sp³-hybridized carbons (Fsp3) is 0.556. The predicted molar refractivity (Wildman–Crippen MR) is 42.9 cm³/mol. The van der Waals surface area contributed by atoms with Gasteiger partial charge in [0, 0.05) is 0 Å². The van der Waals surface area contributed by atoms with E-state index in [9.17, 15) is 19.2 Å². The summed E-state index contributed by atoms with van der Waals surface area (Å²) in [7, 11) is 0. The second-order valence-corrected chi connectivity index (χ2v) is 3.71. The molecule has 0 radical (unpaired) electrons. The molecule has 80 valence electrons. The maximum Gasteiger partial charge on any atom is 0.318 e. The molecule has 1 aliphatic carbocycles. The summed E-state index contributed by atoms with van der Waals surface area (Å²) in [5.41, 5.74) is 0. The van der Waals surface area contributed by atoms with Crippen LogP contribution in [0.5, 0.6) is 0 Å². The molecule has 2 fully saturated rings. The van der Waals surface area contributed by atoms with E-state index in [2.05, 4.69) is 9.47 Å². The summed E-state index contributed by atoms with van der Waals surface area (Å²) in [4.78, 5) is 43.5. The summed E-state index contributed by atoms with van der Waals surface area (Å²) in [5.74, 6) is -4.43. The van der Waals surface area contributed by atoms with Crippen LogP contribution in [0.3, 0.4) is 0 Å². The van der Waals surface area contributed by atoms with Gasteiger partial charge in [-0.2, -0.15) is 0 Å². The van der Waals surface area contributed by atoms with Crippen molar-refractivity contribution in [1.82, 2.24) is 0 Å². The van der Waals surface area contributed by atoms with Crippen molar-refractivity contribution in [2.45, 2.75) is 6.92 Å². The lowest BCUT2D eigenvalue weighted by molar-refractivity contribution is -0.169. The van der Waals surface area contributed by atoms with Crippen molar-refractivity contribution in [2.75, 3.05) is 0 Å². The predicted octanol–water partition coefficient (Wildman–Crippen LogP) is -0.732. The normalized spacial score (nSPS) is 37.7. The van der Waals surface area contributed by atoms with Gasteiger partial charge >= 0.3 is 24.4 Å². The zero-order chi connectivity index (χ0) is 11.2. The molecule has 1 aliphatic heterocycles. The Morgan fingerprint density at radius 3 is 2.53 bits per heavy atom. The number of hydrogen-bond acceptors (Lipinski definition) is 6. The van der Waals surface area contributed by atoms with E-state index in [1.54, 1.807) is 6.92 Å². The zero-order valence-electron chi connectivity index (χ0n) is 7.84. The minimum absolute atomic E-state index is 0.0183.